The van der Waals surface area contributed by atoms with Gasteiger partial charge in [-0.15, -0.1) is 0 Å². The molecule has 0 fully saturated rings. The van der Waals surface area contributed by atoms with Crippen LogP contribution in [0.5, 0.6) is 0 Å². The molecule has 0 unspecified atom stereocenters. The van der Waals surface area contributed by atoms with E-state index in [4.69, 9.17) is 4.55 Å². The summed E-state index contributed by atoms with van der Waals surface area (Å²) in [6, 6.07) is 0. The van der Waals surface area contributed by atoms with Gasteiger partial charge in [-0.3, -0.25) is 4.55 Å². The van der Waals surface area contributed by atoms with Crippen LogP contribution in [0.15, 0.2) is 0 Å². The summed E-state index contributed by atoms with van der Waals surface area (Å²) in [5, 5.41) is 0. The Labute approximate surface area is 69.2 Å². The van der Waals surface area contributed by atoms with Crippen LogP contribution in [0.25, 0.3) is 0 Å². The van der Waals surface area contributed by atoms with Gasteiger partial charge in [-0.25, -0.2) is 0 Å². The lowest BCUT2D eigenvalue weighted by Gasteiger charge is -2.15. The molecule has 0 saturated heterocycles. The maximum Gasteiger partial charge on any atom is 0.402 e. The molecular formula is C3H3F5O4S. The van der Waals surface area contributed by atoms with Crippen LogP contribution in [-0.4, -0.2) is 25.3 Å². The Morgan fingerprint density at radius 3 is 1.77 bits per heavy atom. The smallest absolute Gasteiger partial charge is 0.263 e. The highest BCUT2D eigenvalue weighted by Gasteiger charge is 2.47. The van der Waals surface area contributed by atoms with Crippen molar-refractivity contribution in [2.24, 2.45) is 0 Å². The number of rotatable bonds is 3. The third-order valence-electron chi connectivity index (χ3n) is 0.633. The van der Waals surface area contributed by atoms with Gasteiger partial charge in [0.25, 0.3) is 0 Å². The molecule has 80 valence electrons. The molecule has 0 heterocycles. The molecule has 0 rings (SSSR count). The Hall–Kier alpha value is -0.480. The Balaban J connectivity index is 4.43. The maximum absolute atomic E-state index is 11.9. The summed E-state index contributed by atoms with van der Waals surface area (Å²) in [5.74, 6) is 0. The molecule has 4 nitrogen and oxygen atoms in total. The Bertz CT molecular complexity index is 266. The average molecular weight is 230 g/mol. The summed E-state index contributed by atoms with van der Waals surface area (Å²) in [4.78, 5) is 0. The van der Waals surface area contributed by atoms with Crippen LogP contribution < -0.4 is 0 Å². The quantitative estimate of drug-likeness (QED) is 0.587. The molecule has 13 heavy (non-hydrogen) atoms. The zero-order valence-electron chi connectivity index (χ0n) is 5.68. The number of alkyl halides is 5. The summed E-state index contributed by atoms with van der Waals surface area (Å²) in [6.45, 7) is 0. The first-order valence-electron chi connectivity index (χ1n) is 2.54. The van der Waals surface area contributed by atoms with Gasteiger partial charge in [-0.05, 0) is 0 Å². The van der Waals surface area contributed by atoms with Crippen molar-refractivity contribution in [2.75, 3.05) is 0 Å². The lowest BCUT2D eigenvalue weighted by molar-refractivity contribution is -0.255. The molecule has 0 aromatic rings. The minimum Gasteiger partial charge on any atom is -0.263 e. The molecule has 0 atom stereocenters. The topological polar surface area (TPSA) is 63.6 Å². The van der Waals surface area contributed by atoms with E-state index in [0.29, 0.717) is 0 Å². The fraction of sp³-hybridized carbons (Fsp3) is 1.00. The van der Waals surface area contributed by atoms with E-state index in [0.717, 1.165) is 0 Å². The second kappa shape index (κ2) is 3.35. The largest absolute Gasteiger partial charge is 0.402 e. The van der Waals surface area contributed by atoms with E-state index < -0.39 is 29.1 Å². The molecule has 0 amide bonds. The van der Waals surface area contributed by atoms with Gasteiger partial charge in [-0.1, -0.05) is 0 Å². The van der Waals surface area contributed by atoms with Gasteiger partial charge in [0.1, 0.15) is 6.42 Å². The van der Waals surface area contributed by atoms with Crippen LogP contribution in [-0.2, 0) is 14.6 Å². The standard InChI is InChI=1S/C3H3F5O4S/c4-2(5,6)1-3(7,8)12-13(9,10)11/h1H2,(H,9,10,11). The molecule has 1 N–H and O–H groups in total. The van der Waals surface area contributed by atoms with E-state index in [1.165, 1.54) is 0 Å². The molecular weight excluding hydrogens is 227 g/mol. The predicted molar refractivity (Wildman–Crippen MR) is 28.3 cm³/mol. The maximum atomic E-state index is 11.9. The third-order valence-corrected chi connectivity index (χ3v) is 1.09. The summed E-state index contributed by atoms with van der Waals surface area (Å²) < 4.78 is 87.1. The van der Waals surface area contributed by atoms with Crippen molar-refractivity contribution in [2.45, 2.75) is 18.7 Å². The Morgan fingerprint density at radius 2 is 1.54 bits per heavy atom. The van der Waals surface area contributed by atoms with Crippen LogP contribution in [0.1, 0.15) is 6.42 Å². The molecule has 10 heteroatoms. The van der Waals surface area contributed by atoms with Gasteiger partial charge in [0.2, 0.25) is 0 Å². The van der Waals surface area contributed by atoms with E-state index >= 15 is 0 Å². The number of halogens is 5. The van der Waals surface area contributed by atoms with Gasteiger partial charge < -0.3 is 0 Å². The predicted octanol–water partition coefficient (Wildman–Crippen LogP) is 1.35. The second-order valence-electron chi connectivity index (χ2n) is 1.94. The zero-order chi connectivity index (χ0) is 10.9. The van der Waals surface area contributed by atoms with Crippen LogP contribution >= 0.6 is 0 Å². The van der Waals surface area contributed by atoms with E-state index in [1.807, 2.05) is 0 Å². The Kier molecular flexibility index (Phi) is 3.22. The van der Waals surface area contributed by atoms with Gasteiger partial charge in [0.05, 0.1) is 0 Å². The zero-order valence-corrected chi connectivity index (χ0v) is 6.49. The van der Waals surface area contributed by atoms with Crippen molar-refractivity contribution >= 4 is 10.4 Å². The average Bonchev–Trinajstić information content (AvgIpc) is 1.43. The first-order valence-corrected chi connectivity index (χ1v) is 3.90. The van der Waals surface area contributed by atoms with Crippen molar-refractivity contribution in [1.29, 1.82) is 0 Å². The molecule has 0 bridgehead atoms. The third kappa shape index (κ3) is 7.87. The van der Waals surface area contributed by atoms with Crippen molar-refractivity contribution in [3.63, 3.8) is 0 Å². The molecule has 0 aliphatic heterocycles. The second-order valence-corrected chi connectivity index (χ2v) is 2.96. The lowest BCUT2D eigenvalue weighted by atomic mass is 10.4. The highest BCUT2D eigenvalue weighted by molar-refractivity contribution is 7.80. The normalized spacial score (nSPS) is 14.6. The van der Waals surface area contributed by atoms with Gasteiger partial charge in [0.15, 0.2) is 0 Å². The minimum absolute atomic E-state index is 2.48. The highest BCUT2D eigenvalue weighted by Crippen LogP contribution is 2.33. The SMILES string of the molecule is O=S(=O)(O)OC(F)(F)CC(F)(F)F. The number of hydrogen-bond acceptors (Lipinski definition) is 3. The van der Waals surface area contributed by atoms with E-state index in [2.05, 4.69) is 4.18 Å². The summed E-state index contributed by atoms with van der Waals surface area (Å²) >= 11 is 0. The number of hydrogen-bond donors (Lipinski definition) is 1. The van der Waals surface area contributed by atoms with E-state index in [-0.39, 0.29) is 0 Å². The molecule has 0 spiro atoms. The van der Waals surface area contributed by atoms with Gasteiger partial charge in [-0.2, -0.15) is 34.6 Å². The van der Waals surface area contributed by atoms with Crippen molar-refractivity contribution in [3.8, 4) is 0 Å². The van der Waals surface area contributed by atoms with Crippen molar-refractivity contribution in [3.05, 3.63) is 0 Å². The van der Waals surface area contributed by atoms with Crippen molar-refractivity contribution in [1.82, 2.24) is 0 Å². The van der Waals surface area contributed by atoms with Crippen molar-refractivity contribution < 1.29 is 39.1 Å². The van der Waals surface area contributed by atoms with E-state index in [9.17, 15) is 30.4 Å². The van der Waals surface area contributed by atoms with Crippen LogP contribution in [0, 0.1) is 0 Å². The van der Waals surface area contributed by atoms with E-state index in [1.54, 1.807) is 0 Å². The molecule has 0 aliphatic carbocycles. The van der Waals surface area contributed by atoms with Crippen LogP contribution in [0.2, 0.25) is 0 Å². The lowest BCUT2D eigenvalue weighted by Crippen LogP contribution is -2.31. The fourth-order valence-electron chi connectivity index (χ4n) is 0.417. The Morgan fingerprint density at radius 1 is 1.15 bits per heavy atom. The highest BCUT2D eigenvalue weighted by atomic mass is 32.3. The van der Waals surface area contributed by atoms with Crippen LogP contribution in [0.3, 0.4) is 0 Å². The summed E-state index contributed by atoms with van der Waals surface area (Å²) in [7, 11) is -5.60. The molecule has 0 aromatic carbocycles. The molecule has 0 saturated carbocycles. The summed E-state index contributed by atoms with van der Waals surface area (Å²) in [5.41, 5.74) is 0. The molecule has 0 aliphatic rings. The first kappa shape index (κ1) is 12.5. The van der Waals surface area contributed by atoms with Gasteiger partial charge >= 0.3 is 22.7 Å². The molecule has 0 aromatic heterocycles. The summed E-state index contributed by atoms with van der Waals surface area (Å²) in [6.07, 6.45) is -13.1. The molecule has 0 radical (unpaired) electrons. The van der Waals surface area contributed by atoms with Gasteiger partial charge in [0, 0.05) is 0 Å². The monoisotopic (exact) mass is 230 g/mol. The minimum atomic E-state index is -5.60. The fourth-order valence-corrected chi connectivity index (χ4v) is 0.784. The van der Waals surface area contributed by atoms with Crippen LogP contribution in [0.4, 0.5) is 22.0 Å². The first-order chi connectivity index (χ1) is 5.41.